The highest BCUT2D eigenvalue weighted by atomic mass is 19.1. The number of aliphatic imine (C=N–C) groups is 1. The van der Waals surface area contributed by atoms with Crippen molar-refractivity contribution < 1.29 is 9.13 Å². The average Bonchev–Trinajstić information content (AvgIpc) is 2.47. The lowest BCUT2D eigenvalue weighted by atomic mass is 10.2. The highest BCUT2D eigenvalue weighted by Gasteiger charge is 2.21. The van der Waals surface area contributed by atoms with Gasteiger partial charge in [-0.05, 0) is 42.8 Å². The van der Waals surface area contributed by atoms with Crippen molar-refractivity contribution in [3.05, 3.63) is 53.8 Å². The van der Waals surface area contributed by atoms with Gasteiger partial charge in [0.15, 0.2) is 6.10 Å². The van der Waals surface area contributed by atoms with Gasteiger partial charge in [-0.1, -0.05) is 12.1 Å². The molecule has 2 aromatic carbocycles. The molecule has 0 saturated heterocycles. The van der Waals surface area contributed by atoms with E-state index in [4.69, 9.17) is 10.5 Å². The highest BCUT2D eigenvalue weighted by molar-refractivity contribution is 6.02. The molecule has 1 unspecified atom stereocenters. The molecule has 1 aliphatic heterocycles. The van der Waals surface area contributed by atoms with E-state index in [0.717, 1.165) is 22.8 Å². The summed E-state index contributed by atoms with van der Waals surface area (Å²) in [5.74, 6) is 1.25. The van der Waals surface area contributed by atoms with Gasteiger partial charge in [0.25, 0.3) is 0 Å². The van der Waals surface area contributed by atoms with Gasteiger partial charge in [0.1, 0.15) is 17.4 Å². The zero-order valence-electron chi connectivity index (χ0n) is 11.6. The molecule has 0 fully saturated rings. The molecule has 0 spiro atoms. The van der Waals surface area contributed by atoms with Gasteiger partial charge in [0.2, 0.25) is 0 Å². The standard InChI is InChI=1S/C16H16FN3O/c1-10-16(19-9-11-2-4-12(17)5-3-11)20-14-8-13(18)6-7-15(14)21-10/h2-8,10H,9,18H2,1H3,(H,19,20). The van der Waals surface area contributed by atoms with E-state index in [1.54, 1.807) is 18.2 Å². The Morgan fingerprint density at radius 1 is 1.24 bits per heavy atom. The highest BCUT2D eigenvalue weighted by Crippen LogP contribution is 2.31. The van der Waals surface area contributed by atoms with Crippen molar-refractivity contribution in [2.75, 3.05) is 11.1 Å². The van der Waals surface area contributed by atoms with E-state index in [1.165, 1.54) is 12.1 Å². The maximum atomic E-state index is 12.9. The third-order valence-corrected chi connectivity index (χ3v) is 3.30. The molecule has 0 aromatic heterocycles. The predicted octanol–water partition coefficient (Wildman–Crippen LogP) is 3.20. The molecule has 2 aromatic rings. The number of rotatable bonds is 2. The molecule has 0 aliphatic carbocycles. The maximum Gasteiger partial charge on any atom is 0.153 e. The topological polar surface area (TPSA) is 59.6 Å². The summed E-state index contributed by atoms with van der Waals surface area (Å²) in [7, 11) is 0. The molecule has 1 heterocycles. The summed E-state index contributed by atoms with van der Waals surface area (Å²) in [5.41, 5.74) is 8.19. The SMILES string of the molecule is CC1Oc2ccc(N)cc2NC1=NCc1ccc(F)cc1. The minimum absolute atomic E-state index is 0.165. The first-order valence-electron chi connectivity index (χ1n) is 6.74. The van der Waals surface area contributed by atoms with Gasteiger partial charge in [-0.2, -0.15) is 0 Å². The van der Waals surface area contributed by atoms with Crippen molar-refractivity contribution >= 4 is 17.2 Å². The zero-order valence-corrected chi connectivity index (χ0v) is 11.6. The van der Waals surface area contributed by atoms with E-state index in [9.17, 15) is 4.39 Å². The summed E-state index contributed by atoms with van der Waals surface area (Å²) in [5, 5.41) is 3.24. The van der Waals surface area contributed by atoms with Gasteiger partial charge in [-0.15, -0.1) is 0 Å². The minimum atomic E-state index is -0.247. The van der Waals surface area contributed by atoms with Crippen LogP contribution in [-0.2, 0) is 6.54 Å². The Balaban J connectivity index is 1.79. The molecule has 3 N–H and O–H groups in total. The van der Waals surface area contributed by atoms with E-state index in [1.807, 2.05) is 19.1 Å². The molecule has 0 radical (unpaired) electrons. The Morgan fingerprint density at radius 2 is 2.00 bits per heavy atom. The molecule has 0 bridgehead atoms. The van der Waals surface area contributed by atoms with Crippen LogP contribution in [0.4, 0.5) is 15.8 Å². The van der Waals surface area contributed by atoms with Crippen molar-refractivity contribution in [2.24, 2.45) is 4.99 Å². The number of hydrogen-bond donors (Lipinski definition) is 2. The number of nitrogens with two attached hydrogens (primary N) is 1. The first kappa shape index (κ1) is 13.4. The molecule has 0 saturated carbocycles. The Hall–Kier alpha value is -2.56. The first-order chi connectivity index (χ1) is 10.1. The number of halogens is 1. The number of amidine groups is 1. The lowest BCUT2D eigenvalue weighted by Gasteiger charge is -2.26. The Bertz CT molecular complexity index is 682. The van der Waals surface area contributed by atoms with E-state index in [0.29, 0.717) is 12.2 Å². The van der Waals surface area contributed by atoms with Crippen molar-refractivity contribution in [1.82, 2.24) is 0 Å². The zero-order chi connectivity index (χ0) is 14.8. The van der Waals surface area contributed by atoms with Crippen LogP contribution in [0.15, 0.2) is 47.5 Å². The number of nitrogen functional groups attached to an aromatic ring is 1. The fourth-order valence-corrected chi connectivity index (χ4v) is 2.17. The summed E-state index contributed by atoms with van der Waals surface area (Å²) in [6.07, 6.45) is -0.165. The molecule has 21 heavy (non-hydrogen) atoms. The average molecular weight is 285 g/mol. The van der Waals surface area contributed by atoms with Gasteiger partial charge < -0.3 is 15.8 Å². The van der Waals surface area contributed by atoms with Gasteiger partial charge in [0, 0.05) is 5.69 Å². The van der Waals surface area contributed by atoms with Crippen LogP contribution >= 0.6 is 0 Å². The van der Waals surface area contributed by atoms with Crippen LogP contribution in [0.25, 0.3) is 0 Å². The van der Waals surface area contributed by atoms with Gasteiger partial charge in [-0.25, -0.2) is 4.39 Å². The third-order valence-electron chi connectivity index (χ3n) is 3.30. The van der Waals surface area contributed by atoms with E-state index < -0.39 is 0 Å². The predicted molar refractivity (Wildman–Crippen MR) is 82.1 cm³/mol. The number of hydrogen-bond acceptors (Lipinski definition) is 3. The van der Waals surface area contributed by atoms with Crippen molar-refractivity contribution in [3.63, 3.8) is 0 Å². The molecule has 4 nitrogen and oxygen atoms in total. The maximum absolute atomic E-state index is 12.9. The summed E-state index contributed by atoms with van der Waals surface area (Å²) in [6, 6.07) is 11.8. The summed E-state index contributed by atoms with van der Waals surface area (Å²) in [4.78, 5) is 4.51. The molecule has 1 aliphatic rings. The number of anilines is 2. The lowest BCUT2D eigenvalue weighted by Crippen LogP contribution is -2.34. The molecule has 1 atom stereocenters. The van der Waals surface area contributed by atoms with Crippen molar-refractivity contribution in [2.45, 2.75) is 19.6 Å². The fourth-order valence-electron chi connectivity index (χ4n) is 2.17. The largest absolute Gasteiger partial charge is 0.481 e. The van der Waals surface area contributed by atoms with E-state index >= 15 is 0 Å². The summed E-state index contributed by atoms with van der Waals surface area (Å²) >= 11 is 0. The van der Waals surface area contributed by atoms with Crippen LogP contribution in [-0.4, -0.2) is 11.9 Å². The Labute approximate surface area is 122 Å². The van der Waals surface area contributed by atoms with Crippen LogP contribution in [0.5, 0.6) is 5.75 Å². The Kier molecular flexibility index (Phi) is 3.48. The van der Waals surface area contributed by atoms with Crippen LogP contribution in [0, 0.1) is 5.82 Å². The van der Waals surface area contributed by atoms with Crippen LogP contribution in [0.2, 0.25) is 0 Å². The minimum Gasteiger partial charge on any atom is -0.481 e. The normalized spacial score (nSPS) is 18.8. The van der Waals surface area contributed by atoms with E-state index in [-0.39, 0.29) is 11.9 Å². The molecule has 108 valence electrons. The molecule has 3 rings (SSSR count). The van der Waals surface area contributed by atoms with Crippen molar-refractivity contribution in [3.8, 4) is 5.75 Å². The number of nitrogens with zero attached hydrogens (tertiary/aromatic N) is 1. The molecular weight excluding hydrogens is 269 g/mol. The lowest BCUT2D eigenvalue weighted by molar-refractivity contribution is 0.282. The second kappa shape index (κ2) is 5.44. The molecule has 0 amide bonds. The summed E-state index contributed by atoms with van der Waals surface area (Å²) < 4.78 is 18.7. The molecular formula is C16H16FN3O. The monoisotopic (exact) mass is 285 g/mol. The first-order valence-corrected chi connectivity index (χ1v) is 6.74. The van der Waals surface area contributed by atoms with Gasteiger partial charge in [0.05, 0.1) is 12.2 Å². The van der Waals surface area contributed by atoms with Gasteiger partial charge >= 0.3 is 0 Å². The second-order valence-corrected chi connectivity index (χ2v) is 4.97. The quantitative estimate of drug-likeness (QED) is 0.833. The van der Waals surface area contributed by atoms with Crippen molar-refractivity contribution in [1.29, 1.82) is 0 Å². The van der Waals surface area contributed by atoms with E-state index in [2.05, 4.69) is 10.3 Å². The number of ether oxygens (including phenoxy) is 1. The van der Waals surface area contributed by atoms with Crippen LogP contribution < -0.4 is 15.8 Å². The summed E-state index contributed by atoms with van der Waals surface area (Å²) in [6.45, 7) is 2.39. The fraction of sp³-hybridized carbons (Fsp3) is 0.188. The molecule has 5 heteroatoms. The smallest absolute Gasteiger partial charge is 0.153 e. The number of benzene rings is 2. The van der Waals surface area contributed by atoms with Gasteiger partial charge in [-0.3, -0.25) is 4.99 Å². The number of fused-ring (bicyclic) bond motifs is 1. The second-order valence-electron chi connectivity index (χ2n) is 4.97. The number of nitrogens with one attached hydrogen (secondary N) is 1. The van der Waals surface area contributed by atoms with Crippen LogP contribution in [0.3, 0.4) is 0 Å². The third kappa shape index (κ3) is 2.97. The van der Waals surface area contributed by atoms with Crippen LogP contribution in [0.1, 0.15) is 12.5 Å². The Morgan fingerprint density at radius 3 is 2.76 bits per heavy atom.